The molecule has 0 saturated heterocycles. The summed E-state index contributed by atoms with van der Waals surface area (Å²) in [6.07, 6.45) is 0. The van der Waals surface area contributed by atoms with Crippen molar-refractivity contribution in [2.45, 2.75) is 13.0 Å². The number of carbonyl (C=O) groups is 2. The summed E-state index contributed by atoms with van der Waals surface area (Å²) in [5.41, 5.74) is 1.54. The number of nitrogens with zero attached hydrogens (tertiary/aromatic N) is 3. The van der Waals surface area contributed by atoms with Crippen molar-refractivity contribution in [3.63, 3.8) is 0 Å². The number of benzene rings is 1. The summed E-state index contributed by atoms with van der Waals surface area (Å²) in [5.74, 6) is 0.252. The van der Waals surface area contributed by atoms with Crippen LogP contribution in [0.5, 0.6) is 0 Å². The highest BCUT2D eigenvalue weighted by molar-refractivity contribution is 6.04. The van der Waals surface area contributed by atoms with Crippen molar-refractivity contribution >= 4 is 34.9 Å². The number of methoxy groups -OCH3 is 1. The van der Waals surface area contributed by atoms with Gasteiger partial charge in [0.05, 0.1) is 17.9 Å². The molecule has 0 aliphatic carbocycles. The van der Waals surface area contributed by atoms with Gasteiger partial charge in [0, 0.05) is 26.4 Å². The van der Waals surface area contributed by atoms with Crippen LogP contribution in [-0.2, 0) is 9.53 Å². The molecule has 142 valence electrons. The van der Waals surface area contributed by atoms with Crippen LogP contribution in [0.4, 0.5) is 23.0 Å². The average molecular weight is 370 g/mol. The quantitative estimate of drug-likeness (QED) is 0.806. The molecule has 2 aromatic rings. The molecule has 0 bridgehead atoms. The highest BCUT2D eigenvalue weighted by Gasteiger charge is 2.34. The number of hydrogen-bond donors (Lipinski definition) is 2. The molecule has 0 radical (unpaired) electrons. The van der Waals surface area contributed by atoms with E-state index < -0.39 is 5.97 Å². The maximum absolute atomic E-state index is 12.5. The van der Waals surface area contributed by atoms with Gasteiger partial charge in [-0.25, -0.2) is 9.78 Å². The molecule has 1 aliphatic rings. The Kier molecular flexibility index (Phi) is 5.27. The Morgan fingerprint density at radius 2 is 2.11 bits per heavy atom. The lowest BCUT2D eigenvalue weighted by Gasteiger charge is -2.39. The van der Waals surface area contributed by atoms with Gasteiger partial charge in [-0.2, -0.15) is 0 Å². The zero-order valence-electron chi connectivity index (χ0n) is 15.5. The molecular weight excluding hydrogens is 348 g/mol. The number of nitrogens with one attached hydrogen (secondary N) is 1. The van der Waals surface area contributed by atoms with Gasteiger partial charge in [0.15, 0.2) is 5.82 Å². The predicted molar refractivity (Wildman–Crippen MR) is 103 cm³/mol. The molecule has 3 rings (SSSR count). The number of anilines is 4. The Hall–Kier alpha value is -3.13. The van der Waals surface area contributed by atoms with Crippen LogP contribution in [0.2, 0.25) is 0 Å². The Labute approximate surface area is 157 Å². The van der Waals surface area contributed by atoms with E-state index in [9.17, 15) is 9.59 Å². The first-order valence-corrected chi connectivity index (χ1v) is 8.57. The third-order valence-corrected chi connectivity index (χ3v) is 4.56. The summed E-state index contributed by atoms with van der Waals surface area (Å²) in [6, 6.07) is 9.76. The average Bonchev–Trinajstić information content (AvgIpc) is 2.66. The van der Waals surface area contributed by atoms with Crippen molar-refractivity contribution in [1.29, 1.82) is 0 Å². The lowest BCUT2D eigenvalue weighted by atomic mass is 10.1. The molecule has 1 aromatic heterocycles. The number of aromatic carboxylic acids is 1. The Morgan fingerprint density at radius 1 is 1.33 bits per heavy atom. The van der Waals surface area contributed by atoms with Gasteiger partial charge < -0.3 is 25.0 Å². The molecule has 1 unspecified atom stereocenters. The minimum Gasteiger partial charge on any atom is -0.478 e. The van der Waals surface area contributed by atoms with Gasteiger partial charge >= 0.3 is 5.97 Å². The summed E-state index contributed by atoms with van der Waals surface area (Å²) in [4.78, 5) is 31.8. The topological polar surface area (TPSA) is 95.0 Å². The van der Waals surface area contributed by atoms with Crippen molar-refractivity contribution in [3.8, 4) is 0 Å². The summed E-state index contributed by atoms with van der Waals surface area (Å²) >= 11 is 0. The van der Waals surface area contributed by atoms with Gasteiger partial charge in [0.1, 0.15) is 11.9 Å². The van der Waals surface area contributed by atoms with E-state index in [0.29, 0.717) is 30.5 Å². The van der Waals surface area contributed by atoms with Crippen molar-refractivity contribution in [2.24, 2.45) is 0 Å². The van der Waals surface area contributed by atoms with Crippen molar-refractivity contribution in [1.82, 2.24) is 4.98 Å². The largest absolute Gasteiger partial charge is 0.478 e. The molecule has 1 atom stereocenters. The van der Waals surface area contributed by atoms with E-state index >= 15 is 0 Å². The number of amides is 1. The monoisotopic (exact) mass is 370 g/mol. The predicted octanol–water partition coefficient (Wildman–Crippen LogP) is 2.34. The number of carboxylic acids is 1. The molecule has 0 spiro atoms. The van der Waals surface area contributed by atoms with Crippen LogP contribution in [0.15, 0.2) is 36.4 Å². The number of carboxylic acid groups (broad SMARTS) is 1. The van der Waals surface area contributed by atoms with E-state index in [1.54, 1.807) is 43.3 Å². The molecule has 1 aromatic carbocycles. The molecule has 2 heterocycles. The highest BCUT2D eigenvalue weighted by Crippen LogP contribution is 2.35. The third-order valence-electron chi connectivity index (χ3n) is 4.56. The van der Waals surface area contributed by atoms with E-state index in [1.165, 1.54) is 6.07 Å². The van der Waals surface area contributed by atoms with Crippen LogP contribution in [0, 0.1) is 0 Å². The lowest BCUT2D eigenvalue weighted by molar-refractivity contribution is -0.119. The number of carbonyl (C=O) groups excluding carboxylic acids is 1. The van der Waals surface area contributed by atoms with Crippen molar-refractivity contribution < 1.29 is 19.4 Å². The van der Waals surface area contributed by atoms with Gasteiger partial charge in [-0.05, 0) is 37.3 Å². The summed E-state index contributed by atoms with van der Waals surface area (Å²) in [6.45, 7) is 2.85. The normalized spacial score (nSPS) is 16.3. The highest BCUT2D eigenvalue weighted by atomic mass is 16.5. The van der Waals surface area contributed by atoms with Crippen LogP contribution >= 0.6 is 0 Å². The molecule has 1 aliphatic heterocycles. The Balaban J connectivity index is 1.94. The first kappa shape index (κ1) is 18.7. The maximum Gasteiger partial charge on any atom is 0.335 e. The number of pyridine rings is 1. The molecule has 0 saturated carbocycles. The van der Waals surface area contributed by atoms with Gasteiger partial charge in [0.2, 0.25) is 5.91 Å². The van der Waals surface area contributed by atoms with E-state index in [4.69, 9.17) is 9.84 Å². The summed E-state index contributed by atoms with van der Waals surface area (Å²) in [5, 5.41) is 12.3. The van der Waals surface area contributed by atoms with Crippen LogP contribution in [0.1, 0.15) is 17.3 Å². The second-order valence-electron chi connectivity index (χ2n) is 6.31. The zero-order valence-corrected chi connectivity index (χ0v) is 15.5. The number of ether oxygens (including phenoxy) is 1. The first-order chi connectivity index (χ1) is 12.9. The second-order valence-corrected chi connectivity index (χ2v) is 6.31. The Bertz CT molecular complexity index is 871. The molecule has 8 heteroatoms. The number of likely N-dealkylation sites (N-methyl/N-ethyl adjacent to an activating group) is 1. The SMILES string of the molecule is COCCN1c2nc(Nc3cccc(C(=O)O)c3)ccc2N(C)C(=O)C1C. The third kappa shape index (κ3) is 3.70. The fourth-order valence-electron chi connectivity index (χ4n) is 3.07. The summed E-state index contributed by atoms with van der Waals surface area (Å²) in [7, 11) is 3.35. The fraction of sp³-hybridized carbons (Fsp3) is 0.316. The van der Waals surface area contributed by atoms with Crippen LogP contribution in [0.3, 0.4) is 0 Å². The lowest BCUT2D eigenvalue weighted by Crippen LogP contribution is -2.52. The first-order valence-electron chi connectivity index (χ1n) is 8.57. The standard InChI is InChI=1S/C19H22N4O4/c1-12-18(24)22(2)15-7-8-16(21-17(15)23(12)9-10-27-3)20-14-6-4-5-13(11-14)19(25)26/h4-8,11-12H,9-10H2,1-3H3,(H,20,21)(H,25,26). The van der Waals surface area contributed by atoms with E-state index in [-0.39, 0.29) is 17.5 Å². The smallest absolute Gasteiger partial charge is 0.335 e. The van der Waals surface area contributed by atoms with E-state index in [1.807, 2.05) is 17.9 Å². The number of aromatic nitrogens is 1. The van der Waals surface area contributed by atoms with E-state index in [0.717, 1.165) is 5.69 Å². The second kappa shape index (κ2) is 7.63. The minimum absolute atomic E-state index is 0.00438. The van der Waals surface area contributed by atoms with Crippen LogP contribution in [-0.4, -0.2) is 55.3 Å². The molecule has 0 fully saturated rings. The van der Waals surface area contributed by atoms with Gasteiger partial charge in [0.25, 0.3) is 0 Å². The molecule has 8 nitrogen and oxygen atoms in total. The number of rotatable bonds is 6. The van der Waals surface area contributed by atoms with Crippen LogP contribution < -0.4 is 15.1 Å². The fourth-order valence-corrected chi connectivity index (χ4v) is 3.07. The van der Waals surface area contributed by atoms with Crippen molar-refractivity contribution in [3.05, 3.63) is 42.0 Å². The number of hydrogen-bond acceptors (Lipinski definition) is 6. The van der Waals surface area contributed by atoms with Gasteiger partial charge in [-0.3, -0.25) is 4.79 Å². The van der Waals surface area contributed by atoms with Crippen molar-refractivity contribution in [2.75, 3.05) is 42.4 Å². The van der Waals surface area contributed by atoms with Gasteiger partial charge in [-0.1, -0.05) is 6.07 Å². The molecule has 1 amide bonds. The minimum atomic E-state index is -0.989. The van der Waals surface area contributed by atoms with E-state index in [2.05, 4.69) is 10.3 Å². The molecular formula is C19H22N4O4. The van der Waals surface area contributed by atoms with Gasteiger partial charge in [-0.15, -0.1) is 0 Å². The maximum atomic E-state index is 12.5. The zero-order chi connectivity index (χ0) is 19.6. The van der Waals surface area contributed by atoms with Crippen LogP contribution in [0.25, 0.3) is 0 Å². The molecule has 2 N–H and O–H groups in total. The Morgan fingerprint density at radius 3 is 2.81 bits per heavy atom. The summed E-state index contributed by atoms with van der Waals surface area (Å²) < 4.78 is 5.17. The number of fused-ring (bicyclic) bond motifs is 1. The molecule has 27 heavy (non-hydrogen) atoms.